The van der Waals surface area contributed by atoms with Crippen molar-refractivity contribution < 1.29 is 9.53 Å². The molecule has 0 aliphatic heterocycles. The van der Waals surface area contributed by atoms with Gasteiger partial charge in [0.2, 0.25) is 6.08 Å². The molecular weight excluding hydrogens is 238 g/mol. The zero-order valence-electron chi connectivity index (χ0n) is 11.7. The average molecular weight is 259 g/mol. The van der Waals surface area contributed by atoms with Crippen LogP contribution in [0.25, 0.3) is 0 Å². The zero-order valence-corrected chi connectivity index (χ0v) is 11.7. The van der Waals surface area contributed by atoms with E-state index in [0.717, 1.165) is 32.1 Å². The van der Waals surface area contributed by atoms with E-state index in [4.69, 9.17) is 4.74 Å². The minimum Gasteiger partial charge on any atom is -0.381 e. The molecule has 0 spiro atoms. The first-order valence-electron chi connectivity index (χ1n) is 6.92. The summed E-state index contributed by atoms with van der Waals surface area (Å²) in [7, 11) is 1.72. The number of benzene rings is 1. The summed E-state index contributed by atoms with van der Waals surface area (Å²) in [4.78, 5) is 15.0. The van der Waals surface area contributed by atoms with Crippen LogP contribution >= 0.6 is 0 Å². The van der Waals surface area contributed by atoms with Gasteiger partial charge in [-0.1, -0.05) is 37.1 Å². The Morgan fingerprint density at radius 1 is 1.37 bits per heavy atom. The summed E-state index contributed by atoms with van der Waals surface area (Å²) in [5.41, 5.74) is 2.07. The van der Waals surface area contributed by atoms with E-state index in [1.54, 1.807) is 13.2 Å². The predicted octanol–water partition coefficient (Wildman–Crippen LogP) is 3.37. The van der Waals surface area contributed by atoms with Gasteiger partial charge in [-0.15, -0.1) is 0 Å². The third kappa shape index (κ3) is 2.94. The molecular formula is C16H21NO2. The SMILES string of the molecule is COC(C)Cc1ccccc1C1(N=C=O)CCCC1. The van der Waals surface area contributed by atoms with E-state index >= 15 is 0 Å². The number of methoxy groups -OCH3 is 1. The van der Waals surface area contributed by atoms with Gasteiger partial charge in [-0.25, -0.2) is 4.79 Å². The minimum atomic E-state index is -0.341. The van der Waals surface area contributed by atoms with E-state index in [9.17, 15) is 4.79 Å². The Bertz CT molecular complexity index is 471. The Morgan fingerprint density at radius 2 is 2.05 bits per heavy atom. The van der Waals surface area contributed by atoms with E-state index < -0.39 is 0 Å². The summed E-state index contributed by atoms with van der Waals surface area (Å²) in [6.45, 7) is 2.06. The maximum atomic E-state index is 10.8. The topological polar surface area (TPSA) is 38.7 Å². The van der Waals surface area contributed by atoms with Gasteiger partial charge in [0.1, 0.15) is 0 Å². The molecule has 102 valence electrons. The van der Waals surface area contributed by atoms with Gasteiger partial charge in [0.05, 0.1) is 11.6 Å². The molecule has 3 heteroatoms. The fraction of sp³-hybridized carbons (Fsp3) is 0.562. The van der Waals surface area contributed by atoms with Crippen molar-refractivity contribution >= 4 is 6.08 Å². The lowest BCUT2D eigenvalue weighted by Gasteiger charge is -2.26. The number of nitrogens with zero attached hydrogens (tertiary/aromatic N) is 1. The Kier molecular flexibility index (Phi) is 4.52. The second kappa shape index (κ2) is 6.14. The van der Waals surface area contributed by atoms with Crippen LogP contribution in [0.3, 0.4) is 0 Å². The highest BCUT2D eigenvalue weighted by molar-refractivity contribution is 5.42. The van der Waals surface area contributed by atoms with Gasteiger partial charge in [0.15, 0.2) is 0 Å². The molecule has 1 atom stereocenters. The van der Waals surface area contributed by atoms with E-state index in [1.807, 2.05) is 12.1 Å². The molecule has 1 aliphatic rings. The number of hydrogen-bond donors (Lipinski definition) is 0. The van der Waals surface area contributed by atoms with Crippen molar-refractivity contribution in [1.29, 1.82) is 0 Å². The van der Waals surface area contributed by atoms with Crippen molar-refractivity contribution in [3.63, 3.8) is 0 Å². The van der Waals surface area contributed by atoms with Gasteiger partial charge in [0, 0.05) is 7.11 Å². The largest absolute Gasteiger partial charge is 0.381 e. The predicted molar refractivity (Wildman–Crippen MR) is 74.9 cm³/mol. The maximum absolute atomic E-state index is 10.8. The monoisotopic (exact) mass is 259 g/mol. The van der Waals surface area contributed by atoms with E-state index in [1.165, 1.54) is 11.1 Å². The van der Waals surface area contributed by atoms with Crippen LogP contribution in [0.5, 0.6) is 0 Å². The van der Waals surface area contributed by atoms with Crippen molar-refractivity contribution in [2.24, 2.45) is 4.99 Å². The summed E-state index contributed by atoms with van der Waals surface area (Å²) in [6, 6.07) is 8.28. The van der Waals surface area contributed by atoms with E-state index in [2.05, 4.69) is 24.0 Å². The van der Waals surface area contributed by atoms with Crippen molar-refractivity contribution in [2.75, 3.05) is 7.11 Å². The average Bonchev–Trinajstić information content (AvgIpc) is 2.89. The van der Waals surface area contributed by atoms with Gasteiger partial charge < -0.3 is 4.74 Å². The molecule has 1 aromatic carbocycles. The second-order valence-electron chi connectivity index (χ2n) is 5.35. The van der Waals surface area contributed by atoms with Crippen LogP contribution in [0.15, 0.2) is 29.3 Å². The molecule has 1 aliphatic carbocycles. The summed E-state index contributed by atoms with van der Waals surface area (Å²) in [6.07, 6.45) is 6.94. The fourth-order valence-corrected chi connectivity index (χ4v) is 3.03. The van der Waals surface area contributed by atoms with E-state index in [-0.39, 0.29) is 11.6 Å². The summed E-state index contributed by atoms with van der Waals surface area (Å²) in [5, 5.41) is 0. The molecule has 0 saturated heterocycles. The highest BCUT2D eigenvalue weighted by Crippen LogP contribution is 2.43. The molecule has 0 heterocycles. The number of hydrogen-bond acceptors (Lipinski definition) is 3. The van der Waals surface area contributed by atoms with Crippen molar-refractivity contribution in [3.05, 3.63) is 35.4 Å². The highest BCUT2D eigenvalue weighted by Gasteiger charge is 2.37. The Morgan fingerprint density at radius 3 is 2.68 bits per heavy atom. The molecule has 1 aromatic rings. The van der Waals surface area contributed by atoms with Gasteiger partial charge in [-0.2, -0.15) is 4.99 Å². The lowest BCUT2D eigenvalue weighted by molar-refractivity contribution is 0.118. The van der Waals surface area contributed by atoms with Crippen LogP contribution in [0.4, 0.5) is 0 Å². The Labute approximate surface area is 114 Å². The minimum absolute atomic E-state index is 0.166. The number of rotatable bonds is 5. The third-order valence-corrected chi connectivity index (χ3v) is 4.12. The van der Waals surface area contributed by atoms with Gasteiger partial charge in [0.25, 0.3) is 0 Å². The lowest BCUT2D eigenvalue weighted by atomic mass is 9.84. The molecule has 1 unspecified atom stereocenters. The van der Waals surface area contributed by atoms with Crippen molar-refractivity contribution in [2.45, 2.75) is 50.7 Å². The van der Waals surface area contributed by atoms with Crippen LogP contribution < -0.4 is 0 Å². The standard InChI is InChI=1S/C16H21NO2/c1-13(19-2)11-14-7-3-4-8-15(14)16(17-12-18)9-5-6-10-16/h3-4,7-8,13H,5-6,9-11H2,1-2H3. The molecule has 0 N–H and O–H groups in total. The van der Waals surface area contributed by atoms with Crippen LogP contribution in [0, 0.1) is 0 Å². The summed E-state index contributed by atoms with van der Waals surface area (Å²) in [5.74, 6) is 0. The van der Waals surface area contributed by atoms with Gasteiger partial charge in [-0.05, 0) is 37.3 Å². The molecule has 0 amide bonds. The Balaban J connectivity index is 2.39. The van der Waals surface area contributed by atoms with Crippen LogP contribution in [0.1, 0.15) is 43.7 Å². The molecule has 0 radical (unpaired) electrons. The first-order valence-corrected chi connectivity index (χ1v) is 6.92. The van der Waals surface area contributed by atoms with Gasteiger partial charge >= 0.3 is 0 Å². The lowest BCUT2D eigenvalue weighted by Crippen LogP contribution is -2.22. The molecule has 19 heavy (non-hydrogen) atoms. The molecule has 0 aromatic heterocycles. The number of carbonyl (C=O) groups excluding carboxylic acids is 1. The number of aliphatic imine (C=N–C) groups is 1. The van der Waals surface area contributed by atoms with Crippen molar-refractivity contribution in [3.8, 4) is 0 Å². The van der Waals surface area contributed by atoms with Crippen LogP contribution in [-0.4, -0.2) is 19.3 Å². The van der Waals surface area contributed by atoms with Crippen LogP contribution in [-0.2, 0) is 21.5 Å². The Hall–Kier alpha value is -1.44. The molecule has 3 nitrogen and oxygen atoms in total. The molecule has 0 bridgehead atoms. The third-order valence-electron chi connectivity index (χ3n) is 4.12. The maximum Gasteiger partial charge on any atom is 0.235 e. The normalized spacial score (nSPS) is 18.8. The van der Waals surface area contributed by atoms with Crippen molar-refractivity contribution in [1.82, 2.24) is 0 Å². The quantitative estimate of drug-likeness (QED) is 0.600. The molecule has 2 rings (SSSR count). The second-order valence-corrected chi connectivity index (χ2v) is 5.35. The molecule has 1 fully saturated rings. The number of isocyanates is 1. The summed E-state index contributed by atoms with van der Waals surface area (Å²) < 4.78 is 5.36. The zero-order chi connectivity index (χ0) is 13.7. The molecule has 1 saturated carbocycles. The fourth-order valence-electron chi connectivity index (χ4n) is 3.03. The van der Waals surface area contributed by atoms with Crippen LogP contribution in [0.2, 0.25) is 0 Å². The first-order chi connectivity index (χ1) is 9.22. The number of ether oxygens (including phenoxy) is 1. The first kappa shape index (κ1) is 14.0. The summed E-state index contributed by atoms with van der Waals surface area (Å²) >= 11 is 0. The van der Waals surface area contributed by atoms with E-state index in [0.29, 0.717) is 0 Å². The smallest absolute Gasteiger partial charge is 0.235 e. The highest BCUT2D eigenvalue weighted by atomic mass is 16.5. The van der Waals surface area contributed by atoms with Gasteiger partial charge in [-0.3, -0.25) is 0 Å².